The summed E-state index contributed by atoms with van der Waals surface area (Å²) in [5.74, 6) is 1.68. The number of Topliss-reactive ketones (excluding diaryl/α,β-unsaturated/α-hetero) is 1. The molecule has 1 aliphatic heterocycles. The summed E-state index contributed by atoms with van der Waals surface area (Å²) >= 11 is 1.37. The smallest absolute Gasteiger partial charge is 0.227 e. The van der Waals surface area contributed by atoms with Gasteiger partial charge in [-0.25, -0.2) is 9.07 Å². The highest BCUT2D eigenvalue weighted by Gasteiger charge is 2.41. The van der Waals surface area contributed by atoms with Gasteiger partial charge in [-0.05, 0) is 48.1 Å². The lowest BCUT2D eigenvalue weighted by Gasteiger charge is -2.38. The summed E-state index contributed by atoms with van der Waals surface area (Å²) in [6.07, 6.45) is 1.24. The van der Waals surface area contributed by atoms with E-state index in [1.54, 1.807) is 16.8 Å². The molecule has 1 aliphatic carbocycles. The summed E-state index contributed by atoms with van der Waals surface area (Å²) in [7, 11) is 0. The molecule has 2 aromatic carbocycles. The second-order valence-corrected chi connectivity index (χ2v) is 10.3. The van der Waals surface area contributed by atoms with Gasteiger partial charge in [0, 0.05) is 23.4 Å². The number of hydrogen-bond acceptors (Lipinski definition) is 6. The fourth-order valence-corrected chi connectivity index (χ4v) is 5.44. The topological polar surface area (TPSA) is 69.0 Å². The lowest BCUT2D eigenvalue weighted by molar-refractivity contribution is -0.118. The number of benzene rings is 2. The molecule has 1 aromatic heterocycles. The number of fused-ring (bicyclic) bond motifs is 1. The number of allylic oxidation sites excluding steroid dienone is 2. The van der Waals surface area contributed by atoms with Gasteiger partial charge < -0.3 is 10.1 Å². The maximum absolute atomic E-state index is 14.1. The van der Waals surface area contributed by atoms with Crippen LogP contribution < -0.4 is 10.1 Å². The molecule has 8 heteroatoms. The molecule has 5 rings (SSSR count). The van der Waals surface area contributed by atoms with Gasteiger partial charge in [-0.2, -0.15) is 4.98 Å². The molecule has 1 N–H and O–H groups in total. The van der Waals surface area contributed by atoms with Crippen molar-refractivity contribution in [3.8, 4) is 5.75 Å². The van der Waals surface area contributed by atoms with Crippen molar-refractivity contribution in [2.24, 2.45) is 5.41 Å². The van der Waals surface area contributed by atoms with E-state index in [2.05, 4.69) is 19.2 Å². The highest BCUT2D eigenvalue weighted by molar-refractivity contribution is 7.98. The Morgan fingerprint density at radius 1 is 1.18 bits per heavy atom. The molecule has 0 saturated carbocycles. The molecule has 3 aromatic rings. The third-order valence-corrected chi connectivity index (χ3v) is 7.02. The molecule has 34 heavy (non-hydrogen) atoms. The van der Waals surface area contributed by atoms with Crippen LogP contribution in [-0.2, 0) is 10.5 Å². The minimum absolute atomic E-state index is 0.124. The third kappa shape index (κ3) is 4.34. The van der Waals surface area contributed by atoms with Crippen LogP contribution in [0.2, 0.25) is 0 Å². The Hall–Kier alpha value is -3.13. The Morgan fingerprint density at radius 3 is 2.68 bits per heavy atom. The number of hydrogen-bond donors (Lipinski definition) is 1. The maximum atomic E-state index is 14.1. The zero-order valence-corrected chi connectivity index (χ0v) is 20.3. The first-order valence-corrected chi connectivity index (χ1v) is 12.4. The molecule has 176 valence electrons. The Kier molecular flexibility index (Phi) is 5.93. The van der Waals surface area contributed by atoms with Crippen LogP contribution in [0.25, 0.3) is 0 Å². The number of nitrogens with zero attached hydrogens (tertiary/aromatic N) is 3. The number of aromatic nitrogens is 3. The lowest BCUT2D eigenvalue weighted by Crippen LogP contribution is -2.36. The lowest BCUT2D eigenvalue weighted by atomic mass is 9.73. The monoisotopic (exact) mass is 478 g/mol. The number of halogens is 1. The van der Waals surface area contributed by atoms with Crippen molar-refractivity contribution in [3.05, 3.63) is 76.7 Å². The summed E-state index contributed by atoms with van der Waals surface area (Å²) in [5.41, 5.74) is 3.07. The van der Waals surface area contributed by atoms with Crippen LogP contribution >= 0.6 is 11.8 Å². The van der Waals surface area contributed by atoms with Crippen LogP contribution in [0.15, 0.2) is 65.0 Å². The van der Waals surface area contributed by atoms with Crippen molar-refractivity contribution in [2.75, 3.05) is 11.9 Å². The zero-order chi connectivity index (χ0) is 23.9. The predicted octanol–water partition coefficient (Wildman–Crippen LogP) is 5.77. The fourth-order valence-electron chi connectivity index (χ4n) is 4.63. The predicted molar refractivity (Wildman–Crippen MR) is 130 cm³/mol. The second kappa shape index (κ2) is 8.91. The van der Waals surface area contributed by atoms with Gasteiger partial charge in [0.1, 0.15) is 17.6 Å². The molecule has 0 fully saturated rings. The number of ketones is 1. The fraction of sp³-hybridized carbons (Fsp3) is 0.346. The van der Waals surface area contributed by atoms with Crippen LogP contribution in [0.3, 0.4) is 0 Å². The van der Waals surface area contributed by atoms with Gasteiger partial charge in [-0.3, -0.25) is 4.79 Å². The highest BCUT2D eigenvalue weighted by atomic mass is 32.2. The Bertz CT molecular complexity index is 1270. The van der Waals surface area contributed by atoms with Gasteiger partial charge in [0.15, 0.2) is 5.78 Å². The van der Waals surface area contributed by atoms with Crippen LogP contribution in [0, 0.1) is 11.2 Å². The Balaban J connectivity index is 1.52. The van der Waals surface area contributed by atoms with Crippen molar-refractivity contribution in [2.45, 2.75) is 50.6 Å². The highest BCUT2D eigenvalue weighted by Crippen LogP contribution is 2.45. The average molecular weight is 479 g/mol. The van der Waals surface area contributed by atoms with Crippen molar-refractivity contribution in [1.82, 2.24) is 14.8 Å². The van der Waals surface area contributed by atoms with Crippen molar-refractivity contribution >= 4 is 23.5 Å². The Morgan fingerprint density at radius 2 is 1.94 bits per heavy atom. The molecule has 0 radical (unpaired) electrons. The summed E-state index contributed by atoms with van der Waals surface area (Å²) in [6, 6.07) is 14.1. The number of nitrogens with one attached hydrogen (secondary N) is 1. The first-order valence-electron chi connectivity index (χ1n) is 11.4. The van der Waals surface area contributed by atoms with E-state index in [0.29, 0.717) is 35.4 Å². The van der Waals surface area contributed by atoms with Gasteiger partial charge in [0.25, 0.3) is 0 Å². The maximum Gasteiger partial charge on any atom is 0.227 e. The van der Waals surface area contributed by atoms with Crippen LogP contribution in [0.1, 0.15) is 50.8 Å². The normalized spacial score (nSPS) is 18.8. The molecule has 0 amide bonds. The quantitative estimate of drug-likeness (QED) is 0.454. The number of carbonyl (C=O) groups excluding carboxylic acids is 1. The minimum Gasteiger partial charge on any atom is -0.494 e. The van der Waals surface area contributed by atoms with Gasteiger partial charge >= 0.3 is 0 Å². The van der Waals surface area contributed by atoms with E-state index in [-0.39, 0.29) is 23.1 Å². The van der Waals surface area contributed by atoms with Crippen LogP contribution in [0.4, 0.5) is 10.3 Å². The van der Waals surface area contributed by atoms with E-state index in [9.17, 15) is 9.18 Å². The van der Waals surface area contributed by atoms with Gasteiger partial charge in [0.05, 0.1) is 6.61 Å². The summed E-state index contributed by atoms with van der Waals surface area (Å²) in [6.45, 7) is 6.75. The van der Waals surface area contributed by atoms with Gasteiger partial charge in [0.2, 0.25) is 11.1 Å². The number of anilines is 1. The van der Waals surface area contributed by atoms with Crippen molar-refractivity contribution in [3.63, 3.8) is 0 Å². The van der Waals surface area contributed by atoms with Crippen molar-refractivity contribution in [1.29, 1.82) is 0 Å². The standard InChI is InChI=1S/C26H27FN4O2S/c1-4-33-18-11-9-16(10-12-18)23-22-20(13-26(2,3)14-21(22)32)28-24-29-25(30-31(23)24)34-15-17-7-5-6-8-19(17)27/h5-12,23H,4,13-15H2,1-3H3,(H,28,29,30). The molecule has 0 saturated heterocycles. The van der Waals surface area contributed by atoms with Gasteiger partial charge in [-0.1, -0.05) is 55.9 Å². The number of rotatable bonds is 6. The zero-order valence-electron chi connectivity index (χ0n) is 19.5. The van der Waals surface area contributed by atoms with Gasteiger partial charge in [-0.15, -0.1) is 5.10 Å². The number of ether oxygens (including phenoxy) is 1. The van der Waals surface area contributed by atoms with E-state index in [1.807, 2.05) is 37.3 Å². The summed E-state index contributed by atoms with van der Waals surface area (Å²) < 4.78 is 21.5. The molecular weight excluding hydrogens is 451 g/mol. The molecule has 0 spiro atoms. The average Bonchev–Trinajstić information content (AvgIpc) is 3.19. The van der Waals surface area contributed by atoms with Crippen LogP contribution in [-0.4, -0.2) is 27.2 Å². The third-order valence-electron chi connectivity index (χ3n) is 6.13. The minimum atomic E-state index is -0.374. The van der Waals surface area contributed by atoms with E-state index < -0.39 is 0 Å². The molecule has 6 nitrogen and oxygen atoms in total. The largest absolute Gasteiger partial charge is 0.494 e. The van der Waals surface area contributed by atoms with Crippen LogP contribution in [0.5, 0.6) is 5.75 Å². The number of thioether (sulfide) groups is 1. The molecule has 1 unspecified atom stereocenters. The second-order valence-electron chi connectivity index (χ2n) is 9.41. The molecular formula is C26H27FN4O2S. The molecule has 2 aliphatic rings. The van der Waals surface area contributed by atoms with E-state index in [0.717, 1.165) is 29.0 Å². The SMILES string of the molecule is CCOc1ccc(C2C3=C(CC(C)(C)CC3=O)Nc3nc(SCc4ccccc4F)nn32)cc1. The molecule has 1 atom stereocenters. The van der Waals surface area contributed by atoms with E-state index in [4.69, 9.17) is 14.8 Å². The Labute approximate surface area is 202 Å². The van der Waals surface area contributed by atoms with E-state index >= 15 is 0 Å². The van der Waals surface area contributed by atoms with E-state index in [1.165, 1.54) is 17.8 Å². The first-order chi connectivity index (χ1) is 16.3. The first kappa shape index (κ1) is 22.7. The summed E-state index contributed by atoms with van der Waals surface area (Å²) in [4.78, 5) is 18.0. The molecule has 0 bridgehead atoms. The molecule has 2 heterocycles. The number of carbonyl (C=O) groups is 1. The summed E-state index contributed by atoms with van der Waals surface area (Å²) in [5, 5.41) is 8.66. The van der Waals surface area contributed by atoms with Crippen molar-refractivity contribution < 1.29 is 13.9 Å².